The summed E-state index contributed by atoms with van der Waals surface area (Å²) in [7, 11) is 0. The largest absolute Gasteiger partial charge is 0.482 e. The van der Waals surface area contributed by atoms with Crippen LogP contribution in [0.25, 0.3) is 0 Å². The third-order valence-electron chi connectivity index (χ3n) is 3.99. The highest BCUT2D eigenvalue weighted by molar-refractivity contribution is 5.99. The van der Waals surface area contributed by atoms with E-state index in [1.54, 1.807) is 23.1 Å². The first kappa shape index (κ1) is 16.1. The minimum absolute atomic E-state index is 0.0510. The first-order valence-corrected chi connectivity index (χ1v) is 8.08. The Morgan fingerprint density at radius 2 is 2.00 bits per heavy atom. The van der Waals surface area contributed by atoms with E-state index in [9.17, 15) is 9.59 Å². The minimum atomic E-state index is -0.0717. The molecule has 0 radical (unpaired) electrons. The molecule has 3 rings (SSSR count). The Morgan fingerprint density at radius 1 is 1.21 bits per heavy atom. The molecular formula is C19H20N2O3. The fourth-order valence-electron chi connectivity index (χ4n) is 2.75. The molecule has 1 heterocycles. The molecule has 0 fully saturated rings. The van der Waals surface area contributed by atoms with Crippen LogP contribution in [0.4, 0.5) is 11.4 Å². The maximum absolute atomic E-state index is 12.1. The van der Waals surface area contributed by atoms with Crippen LogP contribution >= 0.6 is 0 Å². The lowest BCUT2D eigenvalue weighted by Crippen LogP contribution is -2.38. The van der Waals surface area contributed by atoms with Crippen molar-refractivity contribution in [1.82, 2.24) is 0 Å². The lowest BCUT2D eigenvalue weighted by Gasteiger charge is -2.28. The molecule has 5 heteroatoms. The predicted octanol–water partition coefficient (Wildman–Crippen LogP) is 3.00. The van der Waals surface area contributed by atoms with Crippen molar-refractivity contribution in [1.29, 1.82) is 0 Å². The monoisotopic (exact) mass is 324 g/mol. The zero-order valence-corrected chi connectivity index (χ0v) is 13.6. The average molecular weight is 324 g/mol. The predicted molar refractivity (Wildman–Crippen MR) is 93.4 cm³/mol. The summed E-state index contributed by atoms with van der Waals surface area (Å²) >= 11 is 0. The number of anilines is 2. The number of hydrogen-bond acceptors (Lipinski definition) is 3. The van der Waals surface area contributed by atoms with Gasteiger partial charge in [0.1, 0.15) is 5.75 Å². The van der Waals surface area contributed by atoms with Crippen molar-refractivity contribution in [3.05, 3.63) is 54.1 Å². The van der Waals surface area contributed by atoms with E-state index in [1.807, 2.05) is 37.3 Å². The van der Waals surface area contributed by atoms with Crippen LogP contribution < -0.4 is 15.0 Å². The summed E-state index contributed by atoms with van der Waals surface area (Å²) in [5, 5.41) is 2.89. The van der Waals surface area contributed by atoms with Crippen molar-refractivity contribution in [3.8, 4) is 5.75 Å². The molecule has 2 amide bonds. The molecule has 0 aliphatic carbocycles. The number of likely N-dealkylation sites (N-methyl/N-ethyl adjacent to an activating group) is 1. The molecule has 0 saturated heterocycles. The second-order valence-corrected chi connectivity index (χ2v) is 5.64. The topological polar surface area (TPSA) is 58.6 Å². The molecule has 0 unspecified atom stereocenters. The highest BCUT2D eigenvalue weighted by Crippen LogP contribution is 2.34. The highest BCUT2D eigenvalue weighted by Gasteiger charge is 2.24. The normalized spacial score (nSPS) is 13.2. The van der Waals surface area contributed by atoms with Gasteiger partial charge in [-0.25, -0.2) is 0 Å². The first-order valence-electron chi connectivity index (χ1n) is 8.08. The van der Waals surface area contributed by atoms with Gasteiger partial charge in [-0.05, 0) is 37.1 Å². The van der Waals surface area contributed by atoms with E-state index in [2.05, 4.69) is 5.32 Å². The molecule has 2 aromatic rings. The fraction of sp³-hybridized carbons (Fsp3) is 0.263. The quantitative estimate of drug-likeness (QED) is 0.920. The third kappa shape index (κ3) is 3.56. The van der Waals surface area contributed by atoms with Crippen LogP contribution in [-0.4, -0.2) is 25.0 Å². The van der Waals surface area contributed by atoms with Crippen molar-refractivity contribution in [2.45, 2.75) is 19.8 Å². The number of nitrogens with zero attached hydrogens (tertiary/aromatic N) is 1. The van der Waals surface area contributed by atoms with Crippen molar-refractivity contribution in [3.63, 3.8) is 0 Å². The number of aryl methyl sites for hydroxylation is 1. The minimum Gasteiger partial charge on any atom is -0.482 e. The zero-order chi connectivity index (χ0) is 16.9. The Labute approximate surface area is 141 Å². The zero-order valence-electron chi connectivity index (χ0n) is 13.6. The molecule has 0 spiro atoms. The van der Waals surface area contributed by atoms with Gasteiger partial charge < -0.3 is 15.0 Å². The number of fused-ring (bicyclic) bond motifs is 1. The van der Waals surface area contributed by atoms with Gasteiger partial charge in [-0.15, -0.1) is 0 Å². The molecular weight excluding hydrogens is 304 g/mol. The smallest absolute Gasteiger partial charge is 0.265 e. The molecule has 0 saturated carbocycles. The van der Waals surface area contributed by atoms with Gasteiger partial charge in [0.2, 0.25) is 5.91 Å². The number of ether oxygens (including phenoxy) is 1. The molecule has 0 atom stereocenters. The Hall–Kier alpha value is -2.82. The Kier molecular flexibility index (Phi) is 4.79. The molecule has 5 nitrogen and oxygen atoms in total. The average Bonchev–Trinajstić information content (AvgIpc) is 2.61. The van der Waals surface area contributed by atoms with Crippen LogP contribution in [0.2, 0.25) is 0 Å². The van der Waals surface area contributed by atoms with Crippen LogP contribution in [0.5, 0.6) is 5.75 Å². The van der Waals surface area contributed by atoms with Crippen molar-refractivity contribution in [2.75, 3.05) is 23.4 Å². The van der Waals surface area contributed by atoms with Gasteiger partial charge in [0.15, 0.2) is 6.61 Å². The summed E-state index contributed by atoms with van der Waals surface area (Å²) in [6.45, 7) is 2.54. The van der Waals surface area contributed by atoms with Crippen molar-refractivity contribution in [2.24, 2.45) is 0 Å². The van der Waals surface area contributed by atoms with E-state index in [0.29, 0.717) is 36.5 Å². The van der Waals surface area contributed by atoms with Crippen LogP contribution in [0.1, 0.15) is 18.9 Å². The van der Waals surface area contributed by atoms with Crippen molar-refractivity contribution < 1.29 is 14.3 Å². The molecule has 2 aromatic carbocycles. The third-order valence-corrected chi connectivity index (χ3v) is 3.99. The maximum atomic E-state index is 12.1. The summed E-state index contributed by atoms with van der Waals surface area (Å²) < 4.78 is 5.43. The van der Waals surface area contributed by atoms with Gasteiger partial charge in [-0.2, -0.15) is 0 Å². The van der Waals surface area contributed by atoms with E-state index in [1.165, 1.54) is 0 Å². The summed E-state index contributed by atoms with van der Waals surface area (Å²) in [6.07, 6.45) is 1.11. The van der Waals surface area contributed by atoms with Gasteiger partial charge in [0.25, 0.3) is 5.91 Å². The van der Waals surface area contributed by atoms with E-state index in [4.69, 9.17) is 4.74 Å². The number of hydrogen-bond donors (Lipinski definition) is 1. The highest BCUT2D eigenvalue weighted by atomic mass is 16.5. The van der Waals surface area contributed by atoms with E-state index < -0.39 is 0 Å². The van der Waals surface area contributed by atoms with E-state index in [0.717, 1.165) is 5.56 Å². The SMILES string of the molecule is CCN1C(=O)COc2ccc(NC(=O)CCc3ccccc3)cc21. The number of benzene rings is 2. The number of nitrogens with one attached hydrogen (secondary N) is 1. The summed E-state index contributed by atoms with van der Waals surface area (Å²) in [5.74, 6) is 0.543. The second kappa shape index (κ2) is 7.17. The number of carbonyl (C=O) groups excluding carboxylic acids is 2. The van der Waals surface area contributed by atoms with Crippen molar-refractivity contribution >= 4 is 23.2 Å². The molecule has 124 valence electrons. The fourth-order valence-corrected chi connectivity index (χ4v) is 2.75. The van der Waals surface area contributed by atoms with Crippen LogP contribution in [-0.2, 0) is 16.0 Å². The van der Waals surface area contributed by atoms with Crippen LogP contribution in [0, 0.1) is 0 Å². The lowest BCUT2D eigenvalue weighted by molar-refractivity contribution is -0.121. The number of amides is 2. The standard InChI is InChI=1S/C19H20N2O3/c1-2-21-16-12-15(9-10-17(16)24-13-19(21)23)20-18(22)11-8-14-6-4-3-5-7-14/h3-7,9-10,12H,2,8,11,13H2,1H3,(H,20,22). The van der Waals surface area contributed by atoms with Crippen LogP contribution in [0.3, 0.4) is 0 Å². The van der Waals surface area contributed by atoms with Gasteiger partial charge in [-0.3, -0.25) is 9.59 Å². The summed E-state index contributed by atoms with van der Waals surface area (Å²) in [5.41, 5.74) is 2.51. The van der Waals surface area contributed by atoms with Gasteiger partial charge >= 0.3 is 0 Å². The molecule has 1 aliphatic rings. The Balaban J connectivity index is 1.66. The Bertz CT molecular complexity index is 744. The van der Waals surface area contributed by atoms with Gasteiger partial charge in [-0.1, -0.05) is 30.3 Å². The van der Waals surface area contributed by atoms with Crippen LogP contribution in [0.15, 0.2) is 48.5 Å². The summed E-state index contributed by atoms with van der Waals surface area (Å²) in [6, 6.07) is 15.3. The Morgan fingerprint density at radius 3 is 2.75 bits per heavy atom. The number of carbonyl (C=O) groups is 2. The molecule has 0 bridgehead atoms. The molecule has 1 aliphatic heterocycles. The van der Waals surface area contributed by atoms with E-state index >= 15 is 0 Å². The van der Waals surface area contributed by atoms with Gasteiger partial charge in [0.05, 0.1) is 5.69 Å². The maximum Gasteiger partial charge on any atom is 0.265 e. The van der Waals surface area contributed by atoms with E-state index in [-0.39, 0.29) is 18.4 Å². The molecule has 24 heavy (non-hydrogen) atoms. The first-order chi connectivity index (χ1) is 11.7. The number of rotatable bonds is 5. The second-order valence-electron chi connectivity index (χ2n) is 5.64. The lowest BCUT2D eigenvalue weighted by atomic mass is 10.1. The molecule has 0 aromatic heterocycles. The summed E-state index contributed by atoms with van der Waals surface area (Å²) in [4.78, 5) is 25.7. The molecule has 1 N–H and O–H groups in total. The van der Waals surface area contributed by atoms with Gasteiger partial charge in [0, 0.05) is 18.7 Å².